The Bertz CT molecular complexity index is 539. The van der Waals surface area contributed by atoms with Crippen LogP contribution < -0.4 is 0 Å². The maximum Gasteiger partial charge on any atom is 0.321 e. The molecule has 0 saturated carbocycles. The Labute approximate surface area is 172 Å². The second-order valence-electron chi connectivity index (χ2n) is 9.19. The van der Waals surface area contributed by atoms with E-state index in [0.29, 0.717) is 51.4 Å². The third kappa shape index (κ3) is 8.41. The Morgan fingerprint density at radius 3 is 1.00 bits per heavy atom. The van der Waals surface area contributed by atoms with Crippen LogP contribution in [0.2, 0.25) is 0 Å². The van der Waals surface area contributed by atoms with Gasteiger partial charge in [-0.05, 0) is 53.4 Å². The lowest BCUT2D eigenvalue weighted by molar-refractivity contribution is -0.166. The summed E-state index contributed by atoms with van der Waals surface area (Å²) in [6, 6.07) is 0. The normalized spacial score (nSPS) is 12.6. The minimum atomic E-state index is -1.86. The van der Waals surface area contributed by atoms with Crippen LogP contribution in [0.25, 0.3) is 0 Å². The van der Waals surface area contributed by atoms with Crippen molar-refractivity contribution in [2.75, 3.05) is 0 Å². The summed E-state index contributed by atoms with van der Waals surface area (Å²) >= 11 is 0. The molecule has 0 bridgehead atoms. The van der Waals surface area contributed by atoms with Crippen molar-refractivity contribution in [3.05, 3.63) is 0 Å². The topological polar surface area (TPSA) is 149 Å². The van der Waals surface area contributed by atoms with Gasteiger partial charge in [0.05, 0.1) is 10.8 Å². The van der Waals surface area contributed by atoms with E-state index in [1.807, 2.05) is 0 Å². The van der Waals surface area contributed by atoms with Gasteiger partial charge in [-0.2, -0.15) is 0 Å². The maximum atomic E-state index is 11.8. The van der Waals surface area contributed by atoms with E-state index in [0.717, 1.165) is 0 Å². The van der Waals surface area contributed by atoms with Crippen LogP contribution in [0.3, 0.4) is 0 Å². The van der Waals surface area contributed by atoms with E-state index in [4.69, 9.17) is 10.2 Å². The molecule has 0 spiro atoms. The summed E-state index contributed by atoms with van der Waals surface area (Å²) in [5, 5.41) is 37.4. The molecule has 0 unspecified atom stereocenters. The van der Waals surface area contributed by atoms with Gasteiger partial charge in [0.25, 0.3) is 0 Å². The fraction of sp³-hybridized carbons (Fsp3) is 0.810. The third-order valence-corrected chi connectivity index (χ3v) is 5.79. The van der Waals surface area contributed by atoms with Crippen LogP contribution in [0.15, 0.2) is 0 Å². The molecule has 0 aliphatic rings. The van der Waals surface area contributed by atoms with E-state index >= 15 is 0 Å². The van der Waals surface area contributed by atoms with Crippen molar-refractivity contribution in [2.45, 2.75) is 91.9 Å². The van der Waals surface area contributed by atoms with Crippen molar-refractivity contribution in [1.29, 1.82) is 0 Å². The minimum Gasteiger partial charge on any atom is -0.481 e. The number of carbonyl (C=O) groups is 4. The second kappa shape index (κ2) is 11.2. The monoisotopic (exact) mass is 416 g/mol. The van der Waals surface area contributed by atoms with Crippen LogP contribution in [-0.2, 0) is 19.2 Å². The molecular weight excluding hydrogens is 380 g/mol. The molecule has 4 N–H and O–H groups in total. The highest BCUT2D eigenvalue weighted by Gasteiger charge is 2.45. The van der Waals surface area contributed by atoms with Crippen molar-refractivity contribution in [3.8, 4) is 0 Å². The first-order valence-electron chi connectivity index (χ1n) is 10.1. The van der Waals surface area contributed by atoms with Crippen LogP contribution in [0.1, 0.15) is 91.9 Å². The van der Waals surface area contributed by atoms with Gasteiger partial charge in [-0.15, -0.1) is 0 Å². The van der Waals surface area contributed by atoms with Crippen LogP contribution in [0.5, 0.6) is 0 Å². The van der Waals surface area contributed by atoms with Crippen LogP contribution in [0.4, 0.5) is 0 Å². The van der Waals surface area contributed by atoms with Crippen LogP contribution in [0, 0.1) is 16.2 Å². The van der Waals surface area contributed by atoms with Gasteiger partial charge in [-0.1, -0.05) is 38.5 Å². The zero-order valence-electron chi connectivity index (χ0n) is 18.0. The predicted molar refractivity (Wildman–Crippen MR) is 107 cm³/mol. The van der Waals surface area contributed by atoms with Crippen molar-refractivity contribution in [3.63, 3.8) is 0 Å². The summed E-state index contributed by atoms with van der Waals surface area (Å²) < 4.78 is 0. The van der Waals surface area contributed by atoms with Crippen LogP contribution in [-0.4, -0.2) is 44.3 Å². The largest absolute Gasteiger partial charge is 0.481 e. The predicted octanol–water partition coefficient (Wildman–Crippen LogP) is 4.26. The van der Waals surface area contributed by atoms with E-state index in [2.05, 4.69) is 0 Å². The van der Waals surface area contributed by atoms with Crippen molar-refractivity contribution in [2.24, 2.45) is 16.2 Å². The molecule has 0 saturated heterocycles. The summed E-state index contributed by atoms with van der Waals surface area (Å²) in [5.74, 6) is -4.51. The van der Waals surface area contributed by atoms with Gasteiger partial charge in [0.15, 0.2) is 5.41 Å². The number of carboxylic acid groups (broad SMARTS) is 4. The Kier molecular flexibility index (Phi) is 10.3. The highest BCUT2D eigenvalue weighted by Crippen LogP contribution is 2.34. The standard InChI is InChI=1S/C21H36O8/c1-19(2,15(22)23)11-7-5-9-13-21(17(26)27,18(28)29)14-10-6-8-12-20(3,4)16(24)25/h5-14H2,1-4H3,(H,22,23)(H,24,25)(H,26,27)(H,28,29). The second-order valence-corrected chi connectivity index (χ2v) is 9.19. The van der Waals surface area contributed by atoms with E-state index in [1.54, 1.807) is 27.7 Å². The minimum absolute atomic E-state index is 0.00815. The lowest BCUT2D eigenvalue weighted by atomic mass is 9.77. The molecule has 168 valence electrons. The molecule has 8 heteroatoms. The summed E-state index contributed by atoms with van der Waals surface area (Å²) in [6.07, 6.45) is 3.93. The van der Waals surface area contributed by atoms with Gasteiger partial charge in [0.1, 0.15) is 0 Å². The number of hydrogen-bond acceptors (Lipinski definition) is 4. The molecule has 0 amide bonds. The molecule has 0 aromatic heterocycles. The Balaban J connectivity index is 4.64. The van der Waals surface area contributed by atoms with E-state index in [9.17, 15) is 29.4 Å². The number of unbranched alkanes of at least 4 members (excludes halogenated alkanes) is 4. The highest BCUT2D eigenvalue weighted by molar-refractivity contribution is 5.98. The molecule has 0 aliphatic heterocycles. The summed E-state index contributed by atoms with van der Waals surface area (Å²) in [4.78, 5) is 45.7. The van der Waals surface area contributed by atoms with E-state index in [-0.39, 0.29) is 12.8 Å². The van der Waals surface area contributed by atoms with Gasteiger partial charge < -0.3 is 20.4 Å². The van der Waals surface area contributed by atoms with Crippen molar-refractivity contribution < 1.29 is 39.6 Å². The Morgan fingerprint density at radius 1 is 0.483 bits per heavy atom. The third-order valence-electron chi connectivity index (χ3n) is 5.79. The molecule has 8 nitrogen and oxygen atoms in total. The molecule has 0 aromatic rings. The molecule has 0 radical (unpaired) electrons. The summed E-state index contributed by atoms with van der Waals surface area (Å²) in [5.41, 5.74) is -3.58. The number of aliphatic carboxylic acids is 4. The van der Waals surface area contributed by atoms with E-state index in [1.165, 1.54) is 0 Å². The fourth-order valence-electron chi connectivity index (χ4n) is 3.20. The SMILES string of the molecule is CC(C)(CCCCCC(CCCCCC(C)(C)C(=O)O)(C(=O)O)C(=O)O)C(=O)O. The molecular formula is C21H36O8. The van der Waals surface area contributed by atoms with Gasteiger partial charge in [0, 0.05) is 0 Å². The summed E-state index contributed by atoms with van der Waals surface area (Å²) in [6.45, 7) is 6.50. The van der Waals surface area contributed by atoms with E-state index < -0.39 is 40.1 Å². The molecule has 0 rings (SSSR count). The smallest absolute Gasteiger partial charge is 0.321 e. The molecule has 0 heterocycles. The molecule has 0 atom stereocenters. The van der Waals surface area contributed by atoms with Gasteiger partial charge in [-0.3, -0.25) is 19.2 Å². The first-order valence-corrected chi connectivity index (χ1v) is 10.1. The van der Waals surface area contributed by atoms with Gasteiger partial charge in [0.2, 0.25) is 0 Å². The quantitative estimate of drug-likeness (QED) is 0.215. The molecule has 0 aliphatic carbocycles. The lowest BCUT2D eigenvalue weighted by Gasteiger charge is -2.25. The highest BCUT2D eigenvalue weighted by atomic mass is 16.4. The average Bonchev–Trinajstić information content (AvgIpc) is 2.58. The Morgan fingerprint density at radius 2 is 0.759 bits per heavy atom. The molecule has 0 fully saturated rings. The zero-order valence-corrected chi connectivity index (χ0v) is 18.0. The lowest BCUT2D eigenvalue weighted by Crippen LogP contribution is -2.39. The first kappa shape index (κ1) is 26.9. The van der Waals surface area contributed by atoms with Gasteiger partial charge >= 0.3 is 23.9 Å². The average molecular weight is 417 g/mol. The van der Waals surface area contributed by atoms with Crippen molar-refractivity contribution >= 4 is 23.9 Å². The Hall–Kier alpha value is -2.12. The van der Waals surface area contributed by atoms with Crippen LogP contribution >= 0.6 is 0 Å². The summed E-state index contributed by atoms with van der Waals surface area (Å²) in [7, 11) is 0. The molecule has 29 heavy (non-hydrogen) atoms. The number of hydrogen-bond donors (Lipinski definition) is 4. The van der Waals surface area contributed by atoms with Gasteiger partial charge in [-0.25, -0.2) is 0 Å². The first-order chi connectivity index (χ1) is 13.2. The van der Waals surface area contributed by atoms with Crippen molar-refractivity contribution in [1.82, 2.24) is 0 Å². The zero-order chi connectivity index (χ0) is 22.9. The number of rotatable bonds is 16. The maximum absolute atomic E-state index is 11.8. The fourth-order valence-corrected chi connectivity index (χ4v) is 3.20. The number of carboxylic acids is 4. The molecule has 0 aromatic carbocycles.